The molecule has 0 spiro atoms. The van der Waals surface area contributed by atoms with Crippen LogP contribution in [0.1, 0.15) is 29.3 Å². The largest absolute Gasteiger partial charge is 0.352 e. The van der Waals surface area contributed by atoms with Crippen LogP contribution in [0.5, 0.6) is 0 Å². The molecule has 0 saturated carbocycles. The molecular weight excluding hydrogens is 323 g/mol. The Morgan fingerprint density at radius 2 is 2.16 bits per heavy atom. The lowest BCUT2D eigenvalue weighted by Crippen LogP contribution is -2.34. The lowest BCUT2D eigenvalue weighted by Gasteiger charge is -2.25. The monoisotopic (exact) mass is 344 g/mol. The molecule has 2 atom stereocenters. The molecule has 0 aliphatic carbocycles. The van der Waals surface area contributed by atoms with Gasteiger partial charge < -0.3 is 10.2 Å². The van der Waals surface area contributed by atoms with Crippen molar-refractivity contribution in [2.45, 2.75) is 25.9 Å². The molecule has 1 aliphatic heterocycles. The van der Waals surface area contributed by atoms with Crippen LogP contribution in [0.3, 0.4) is 0 Å². The minimum atomic E-state index is -0.545. The number of hydrogen-bond donors (Lipinski definition) is 1. The Morgan fingerprint density at radius 1 is 1.40 bits per heavy atom. The number of aryl methyl sites for hydroxylation is 1. The smallest absolute Gasteiger partial charge is 0.226 e. The SMILES string of the molecule is Cc1c(CNC(=O)[C@@H]2CC(=O)N(C)[C@@H]2c2cccc(F)c2)cnn1C. The van der Waals surface area contributed by atoms with Gasteiger partial charge in [0.25, 0.3) is 0 Å². The van der Waals surface area contributed by atoms with Crippen LogP contribution >= 0.6 is 0 Å². The fourth-order valence-corrected chi connectivity index (χ4v) is 3.28. The predicted molar refractivity (Wildman–Crippen MR) is 89.8 cm³/mol. The maximum Gasteiger partial charge on any atom is 0.226 e. The first-order valence-electron chi connectivity index (χ1n) is 8.14. The molecule has 3 rings (SSSR count). The van der Waals surface area contributed by atoms with E-state index < -0.39 is 12.0 Å². The lowest BCUT2D eigenvalue weighted by molar-refractivity contribution is -0.128. The van der Waals surface area contributed by atoms with Crippen LogP contribution in [-0.4, -0.2) is 33.5 Å². The van der Waals surface area contributed by atoms with Crippen molar-refractivity contribution in [2.75, 3.05) is 7.05 Å². The fraction of sp³-hybridized carbons (Fsp3) is 0.389. The molecule has 1 saturated heterocycles. The lowest BCUT2D eigenvalue weighted by atomic mass is 9.92. The highest BCUT2D eigenvalue weighted by molar-refractivity contribution is 5.90. The van der Waals surface area contributed by atoms with Gasteiger partial charge in [0.15, 0.2) is 0 Å². The number of benzene rings is 1. The van der Waals surface area contributed by atoms with Crippen LogP contribution < -0.4 is 5.32 Å². The van der Waals surface area contributed by atoms with Gasteiger partial charge in [-0.1, -0.05) is 12.1 Å². The van der Waals surface area contributed by atoms with Crippen LogP contribution in [0.25, 0.3) is 0 Å². The van der Waals surface area contributed by atoms with Gasteiger partial charge in [0.2, 0.25) is 11.8 Å². The van der Waals surface area contributed by atoms with Crippen molar-refractivity contribution in [3.8, 4) is 0 Å². The zero-order valence-electron chi connectivity index (χ0n) is 14.5. The van der Waals surface area contributed by atoms with Gasteiger partial charge in [-0.3, -0.25) is 14.3 Å². The molecule has 0 radical (unpaired) electrons. The third-order valence-electron chi connectivity index (χ3n) is 4.90. The zero-order chi connectivity index (χ0) is 18.1. The summed E-state index contributed by atoms with van der Waals surface area (Å²) in [6, 6.07) is 5.60. The molecule has 2 amide bonds. The number of rotatable bonds is 4. The summed E-state index contributed by atoms with van der Waals surface area (Å²) in [6.07, 6.45) is 1.83. The quantitative estimate of drug-likeness (QED) is 0.918. The Morgan fingerprint density at radius 3 is 2.80 bits per heavy atom. The van der Waals surface area contributed by atoms with Gasteiger partial charge in [0.1, 0.15) is 5.82 Å². The average molecular weight is 344 g/mol. The Bertz CT molecular complexity index is 817. The van der Waals surface area contributed by atoms with Crippen LogP contribution in [0.2, 0.25) is 0 Å². The molecule has 1 fully saturated rings. The Kier molecular flexibility index (Phi) is 4.57. The first-order valence-corrected chi connectivity index (χ1v) is 8.14. The number of nitrogens with one attached hydrogen (secondary N) is 1. The molecule has 0 bridgehead atoms. The highest BCUT2D eigenvalue weighted by Crippen LogP contribution is 2.37. The summed E-state index contributed by atoms with van der Waals surface area (Å²) < 4.78 is 15.3. The second-order valence-corrected chi connectivity index (χ2v) is 6.41. The van der Waals surface area contributed by atoms with E-state index in [-0.39, 0.29) is 24.1 Å². The molecular formula is C18H21FN4O2. The molecule has 2 aromatic rings. The second kappa shape index (κ2) is 6.66. The summed E-state index contributed by atoms with van der Waals surface area (Å²) in [5.41, 5.74) is 2.53. The van der Waals surface area contributed by atoms with Crippen molar-refractivity contribution in [3.63, 3.8) is 0 Å². The van der Waals surface area contributed by atoms with E-state index in [9.17, 15) is 14.0 Å². The van der Waals surface area contributed by atoms with Crippen molar-refractivity contribution >= 4 is 11.8 Å². The normalized spacial score (nSPS) is 20.2. The molecule has 0 unspecified atom stereocenters. The van der Waals surface area contributed by atoms with Crippen LogP contribution in [0.4, 0.5) is 4.39 Å². The number of nitrogens with zero attached hydrogens (tertiary/aromatic N) is 3. The second-order valence-electron chi connectivity index (χ2n) is 6.41. The van der Waals surface area contributed by atoms with E-state index in [1.54, 1.807) is 30.1 Å². The molecule has 1 aliphatic rings. The molecule has 6 nitrogen and oxygen atoms in total. The van der Waals surface area contributed by atoms with Crippen molar-refractivity contribution in [1.82, 2.24) is 20.0 Å². The summed E-state index contributed by atoms with van der Waals surface area (Å²) in [4.78, 5) is 26.3. The number of aromatic nitrogens is 2. The Hall–Kier alpha value is -2.70. The molecule has 1 aromatic carbocycles. The van der Waals surface area contributed by atoms with E-state index in [1.165, 1.54) is 17.0 Å². The third-order valence-corrected chi connectivity index (χ3v) is 4.90. The van der Waals surface area contributed by atoms with Crippen molar-refractivity contribution in [1.29, 1.82) is 0 Å². The van der Waals surface area contributed by atoms with Crippen molar-refractivity contribution < 1.29 is 14.0 Å². The van der Waals surface area contributed by atoms with Gasteiger partial charge >= 0.3 is 0 Å². The van der Waals surface area contributed by atoms with Gasteiger partial charge in [0.05, 0.1) is 18.2 Å². The highest BCUT2D eigenvalue weighted by Gasteiger charge is 2.42. The van der Waals surface area contributed by atoms with Crippen LogP contribution in [-0.2, 0) is 23.2 Å². The summed E-state index contributed by atoms with van der Waals surface area (Å²) in [5.74, 6) is -1.26. The minimum absolute atomic E-state index is 0.119. The fourth-order valence-electron chi connectivity index (χ4n) is 3.28. The van der Waals surface area contributed by atoms with E-state index in [4.69, 9.17) is 0 Å². The average Bonchev–Trinajstić information content (AvgIpc) is 3.06. The van der Waals surface area contributed by atoms with E-state index >= 15 is 0 Å². The van der Waals surface area contributed by atoms with Gasteiger partial charge in [-0.05, 0) is 24.6 Å². The Labute approximate surface area is 145 Å². The maximum atomic E-state index is 13.6. The molecule has 2 heterocycles. The third kappa shape index (κ3) is 3.26. The standard InChI is InChI=1S/C18H21FN4O2/c1-11-13(10-21-23(11)3)9-20-18(25)15-8-16(24)22(2)17(15)12-5-4-6-14(19)7-12/h4-7,10,15,17H,8-9H2,1-3H3,(H,20,25)/t15-,17-/m1/s1. The zero-order valence-corrected chi connectivity index (χ0v) is 14.5. The van der Waals surface area contributed by atoms with E-state index in [0.29, 0.717) is 12.1 Å². The van der Waals surface area contributed by atoms with Gasteiger partial charge in [-0.15, -0.1) is 0 Å². The van der Waals surface area contributed by atoms with E-state index in [2.05, 4.69) is 10.4 Å². The van der Waals surface area contributed by atoms with Crippen LogP contribution in [0.15, 0.2) is 30.5 Å². The number of carbonyl (C=O) groups excluding carboxylic acids is 2. The molecule has 25 heavy (non-hydrogen) atoms. The summed E-state index contributed by atoms with van der Waals surface area (Å²) in [5, 5.41) is 7.03. The van der Waals surface area contributed by atoms with Gasteiger partial charge in [0, 0.05) is 38.3 Å². The first kappa shape index (κ1) is 17.1. The summed E-state index contributed by atoms with van der Waals surface area (Å²) >= 11 is 0. The number of likely N-dealkylation sites (tertiary alicyclic amines) is 1. The Balaban J connectivity index is 1.77. The highest BCUT2D eigenvalue weighted by atomic mass is 19.1. The topological polar surface area (TPSA) is 67.2 Å². The van der Waals surface area contributed by atoms with Crippen molar-refractivity contribution in [3.05, 3.63) is 53.1 Å². The summed E-state index contributed by atoms with van der Waals surface area (Å²) in [6.45, 7) is 2.28. The minimum Gasteiger partial charge on any atom is -0.352 e. The maximum absolute atomic E-state index is 13.6. The predicted octanol–water partition coefficient (Wildman–Crippen LogP) is 1.70. The van der Waals surface area contributed by atoms with Gasteiger partial charge in [-0.2, -0.15) is 5.10 Å². The molecule has 132 valence electrons. The number of halogens is 1. The molecule has 1 N–H and O–H groups in total. The van der Waals surface area contributed by atoms with Gasteiger partial charge in [-0.25, -0.2) is 4.39 Å². The number of hydrogen-bond acceptors (Lipinski definition) is 3. The summed E-state index contributed by atoms with van der Waals surface area (Å²) in [7, 11) is 3.49. The first-order chi connectivity index (χ1) is 11.9. The number of amides is 2. The van der Waals surface area contributed by atoms with Crippen LogP contribution in [0, 0.1) is 18.7 Å². The van der Waals surface area contributed by atoms with E-state index in [1.807, 2.05) is 14.0 Å². The van der Waals surface area contributed by atoms with E-state index in [0.717, 1.165) is 11.3 Å². The number of carbonyl (C=O) groups is 2. The molecule has 1 aromatic heterocycles. The van der Waals surface area contributed by atoms with Crippen molar-refractivity contribution in [2.24, 2.45) is 13.0 Å². The molecule has 7 heteroatoms.